The van der Waals surface area contributed by atoms with Crippen LogP contribution in [0.2, 0.25) is 0 Å². The van der Waals surface area contributed by atoms with Gasteiger partial charge in [0.05, 0.1) is 6.04 Å². The molecule has 0 fully saturated rings. The van der Waals surface area contributed by atoms with E-state index in [9.17, 15) is 9.18 Å². The van der Waals surface area contributed by atoms with Crippen molar-refractivity contribution in [1.82, 2.24) is 5.32 Å². The van der Waals surface area contributed by atoms with Crippen LogP contribution in [-0.2, 0) is 6.42 Å². The maximum absolute atomic E-state index is 14.0. The normalized spacial score (nSPS) is 19.1. The molecule has 2 atom stereocenters. The summed E-state index contributed by atoms with van der Waals surface area (Å²) >= 11 is 0. The second-order valence-electron chi connectivity index (χ2n) is 6.35. The fourth-order valence-corrected chi connectivity index (χ4v) is 3.30. The Morgan fingerprint density at radius 2 is 2.04 bits per heavy atom. The highest BCUT2D eigenvalue weighted by Crippen LogP contribution is 2.35. The predicted molar refractivity (Wildman–Crippen MR) is 96.9 cm³/mol. The summed E-state index contributed by atoms with van der Waals surface area (Å²) in [5.74, 6) is -0.0906. The topological polar surface area (TPSA) is 55.1 Å². The molecule has 1 aliphatic rings. The maximum atomic E-state index is 14.0. The molecule has 0 bridgehead atoms. The SMILES string of the molecule is Cc1ccc(N)cc1C(=O)NC1c2cccc(F)c2CCC1C.Cl. The lowest BCUT2D eigenvalue weighted by atomic mass is 9.80. The summed E-state index contributed by atoms with van der Waals surface area (Å²) < 4.78 is 14.0. The molecule has 5 heteroatoms. The Hall–Kier alpha value is -2.07. The average Bonchev–Trinajstić information content (AvgIpc) is 2.52. The Kier molecular flexibility index (Phi) is 5.50. The molecule has 2 aromatic carbocycles. The highest BCUT2D eigenvalue weighted by Gasteiger charge is 2.29. The number of nitrogens with one attached hydrogen (secondary N) is 1. The van der Waals surface area contributed by atoms with Gasteiger partial charge in [0, 0.05) is 11.3 Å². The molecule has 1 amide bonds. The van der Waals surface area contributed by atoms with Crippen molar-refractivity contribution < 1.29 is 9.18 Å². The van der Waals surface area contributed by atoms with E-state index in [1.165, 1.54) is 6.07 Å². The Morgan fingerprint density at radius 3 is 2.79 bits per heavy atom. The van der Waals surface area contributed by atoms with Crippen molar-refractivity contribution in [3.63, 3.8) is 0 Å². The highest BCUT2D eigenvalue weighted by molar-refractivity contribution is 5.96. The molecule has 128 valence electrons. The third-order valence-corrected chi connectivity index (χ3v) is 4.70. The van der Waals surface area contributed by atoms with E-state index in [2.05, 4.69) is 12.2 Å². The lowest BCUT2D eigenvalue weighted by Gasteiger charge is -2.32. The van der Waals surface area contributed by atoms with Crippen molar-refractivity contribution >= 4 is 24.0 Å². The van der Waals surface area contributed by atoms with Gasteiger partial charge in [0.2, 0.25) is 0 Å². The van der Waals surface area contributed by atoms with Crippen LogP contribution < -0.4 is 11.1 Å². The van der Waals surface area contributed by atoms with Crippen LogP contribution in [0.3, 0.4) is 0 Å². The largest absolute Gasteiger partial charge is 0.399 e. The van der Waals surface area contributed by atoms with E-state index in [1.54, 1.807) is 18.2 Å². The molecular formula is C19H22ClFN2O. The van der Waals surface area contributed by atoms with E-state index in [1.807, 2.05) is 19.1 Å². The number of hydrogen-bond donors (Lipinski definition) is 2. The zero-order chi connectivity index (χ0) is 16.6. The second kappa shape index (κ2) is 7.22. The van der Waals surface area contributed by atoms with Crippen LogP contribution in [-0.4, -0.2) is 5.91 Å². The molecule has 2 aromatic rings. The molecule has 0 saturated carbocycles. The summed E-state index contributed by atoms with van der Waals surface area (Å²) in [5, 5.41) is 3.08. The van der Waals surface area contributed by atoms with E-state index >= 15 is 0 Å². The second-order valence-corrected chi connectivity index (χ2v) is 6.35. The van der Waals surface area contributed by atoms with Crippen LogP contribution >= 0.6 is 12.4 Å². The number of amides is 1. The number of halogens is 2. The summed E-state index contributed by atoms with van der Waals surface area (Å²) in [6, 6.07) is 10.2. The van der Waals surface area contributed by atoms with Crippen molar-refractivity contribution in [2.75, 3.05) is 5.73 Å². The first kappa shape index (κ1) is 18.3. The molecule has 3 rings (SSSR count). The number of carbonyl (C=O) groups excluding carboxylic acids is 1. The smallest absolute Gasteiger partial charge is 0.252 e. The molecule has 1 aliphatic carbocycles. The van der Waals surface area contributed by atoms with Crippen LogP contribution in [0.15, 0.2) is 36.4 Å². The van der Waals surface area contributed by atoms with Crippen molar-refractivity contribution in [3.05, 3.63) is 64.5 Å². The van der Waals surface area contributed by atoms with Gasteiger partial charge in [-0.2, -0.15) is 0 Å². The number of carbonyl (C=O) groups is 1. The fraction of sp³-hybridized carbons (Fsp3) is 0.316. The fourth-order valence-electron chi connectivity index (χ4n) is 3.30. The number of aryl methyl sites for hydroxylation is 1. The minimum Gasteiger partial charge on any atom is -0.399 e. The van der Waals surface area contributed by atoms with Crippen molar-refractivity contribution in [3.8, 4) is 0 Å². The third-order valence-electron chi connectivity index (χ3n) is 4.70. The molecule has 0 aliphatic heterocycles. The van der Waals surface area contributed by atoms with Gasteiger partial charge in [-0.15, -0.1) is 12.4 Å². The zero-order valence-corrected chi connectivity index (χ0v) is 14.6. The number of anilines is 1. The molecule has 3 nitrogen and oxygen atoms in total. The van der Waals surface area contributed by atoms with Gasteiger partial charge >= 0.3 is 0 Å². The molecular weight excluding hydrogens is 327 g/mol. The number of nitrogen functional groups attached to an aromatic ring is 1. The highest BCUT2D eigenvalue weighted by atomic mass is 35.5. The van der Waals surface area contributed by atoms with Crippen LogP contribution in [0.25, 0.3) is 0 Å². The first-order chi connectivity index (χ1) is 11.0. The number of nitrogens with two attached hydrogens (primary N) is 1. The molecule has 24 heavy (non-hydrogen) atoms. The van der Waals surface area contributed by atoms with Crippen LogP contribution in [0.1, 0.15) is 46.4 Å². The third kappa shape index (κ3) is 3.39. The predicted octanol–water partition coefficient (Wildman–Crippen LogP) is 4.19. The molecule has 2 unspecified atom stereocenters. The molecule has 0 radical (unpaired) electrons. The van der Waals surface area contributed by atoms with Crippen LogP contribution in [0.5, 0.6) is 0 Å². The molecule has 0 heterocycles. The summed E-state index contributed by atoms with van der Waals surface area (Å²) in [7, 11) is 0. The van der Waals surface area contributed by atoms with Gasteiger partial charge in [-0.05, 0) is 60.6 Å². The monoisotopic (exact) mass is 348 g/mol. The molecule has 3 N–H and O–H groups in total. The minimum absolute atomic E-state index is 0. The van der Waals surface area contributed by atoms with Gasteiger partial charge in [0.1, 0.15) is 5.82 Å². The summed E-state index contributed by atoms with van der Waals surface area (Å²) in [5.41, 5.74) is 9.41. The Labute approximate surface area is 147 Å². The van der Waals surface area contributed by atoms with Crippen molar-refractivity contribution in [2.45, 2.75) is 32.7 Å². The zero-order valence-electron chi connectivity index (χ0n) is 13.8. The minimum atomic E-state index is -0.186. The lowest BCUT2D eigenvalue weighted by molar-refractivity contribution is 0.0918. The van der Waals surface area contributed by atoms with Crippen molar-refractivity contribution in [1.29, 1.82) is 0 Å². The first-order valence-corrected chi connectivity index (χ1v) is 7.91. The molecule has 0 aromatic heterocycles. The summed E-state index contributed by atoms with van der Waals surface area (Å²) in [6.45, 7) is 3.97. The summed E-state index contributed by atoms with van der Waals surface area (Å²) in [4.78, 5) is 12.7. The number of hydrogen-bond acceptors (Lipinski definition) is 2. The van der Waals surface area contributed by atoms with E-state index in [4.69, 9.17) is 5.73 Å². The Bertz CT molecular complexity index is 763. The van der Waals surface area contributed by atoms with E-state index < -0.39 is 0 Å². The number of benzene rings is 2. The van der Waals surface area contributed by atoms with E-state index in [-0.39, 0.29) is 36.1 Å². The Balaban J connectivity index is 0.00000208. The van der Waals surface area contributed by atoms with E-state index in [0.717, 1.165) is 23.1 Å². The number of rotatable bonds is 2. The van der Waals surface area contributed by atoms with Crippen molar-refractivity contribution in [2.24, 2.45) is 5.92 Å². The van der Waals surface area contributed by atoms with Crippen LogP contribution in [0.4, 0.5) is 10.1 Å². The van der Waals surface area contributed by atoms with Gasteiger partial charge in [-0.3, -0.25) is 4.79 Å². The number of fused-ring (bicyclic) bond motifs is 1. The molecule has 0 saturated heterocycles. The van der Waals surface area contributed by atoms with Gasteiger partial charge in [0.25, 0.3) is 5.91 Å². The quantitative estimate of drug-likeness (QED) is 0.799. The average molecular weight is 349 g/mol. The maximum Gasteiger partial charge on any atom is 0.252 e. The van der Waals surface area contributed by atoms with Gasteiger partial charge in [-0.25, -0.2) is 4.39 Å². The van der Waals surface area contributed by atoms with Gasteiger partial charge < -0.3 is 11.1 Å². The standard InChI is InChI=1S/C19H21FN2O.ClH/c1-11-6-8-13(21)10-16(11)19(23)22-18-12(2)7-9-14-15(18)4-3-5-17(14)20;/h3-6,8,10,12,18H,7,9,21H2,1-2H3,(H,22,23);1H. The van der Waals surface area contributed by atoms with Crippen LogP contribution in [0, 0.1) is 18.7 Å². The first-order valence-electron chi connectivity index (χ1n) is 7.91. The van der Waals surface area contributed by atoms with Gasteiger partial charge in [0.15, 0.2) is 0 Å². The lowest BCUT2D eigenvalue weighted by Crippen LogP contribution is -2.36. The summed E-state index contributed by atoms with van der Waals surface area (Å²) in [6.07, 6.45) is 1.57. The van der Waals surface area contributed by atoms with E-state index in [0.29, 0.717) is 17.7 Å². The van der Waals surface area contributed by atoms with Gasteiger partial charge in [-0.1, -0.05) is 25.1 Å². The molecule has 0 spiro atoms. The Morgan fingerprint density at radius 1 is 1.29 bits per heavy atom.